The number of rotatable bonds is 6. The van der Waals surface area contributed by atoms with E-state index in [4.69, 9.17) is 16.3 Å². The lowest BCUT2D eigenvalue weighted by atomic mass is 9.94. The quantitative estimate of drug-likeness (QED) is 0.654. The van der Waals surface area contributed by atoms with Crippen LogP contribution in [0.3, 0.4) is 0 Å². The van der Waals surface area contributed by atoms with Crippen LogP contribution in [0.4, 0.5) is 0 Å². The molecular weight excluding hydrogens is 312 g/mol. The summed E-state index contributed by atoms with van der Waals surface area (Å²) < 4.78 is 5.66. The number of ether oxygens (including phenoxy) is 1. The summed E-state index contributed by atoms with van der Waals surface area (Å²) in [5, 5.41) is 1.86. The second-order valence-corrected chi connectivity index (χ2v) is 5.99. The average Bonchev–Trinajstić information content (AvgIpc) is 2.89. The molecule has 0 N–H and O–H groups in total. The standard InChI is InChI=1S/C15H20BrClO/c16-11-12(14-8-1-2-9-15(14)17)5-3-6-13-7-4-10-18-13/h1-2,8-9,12-13H,3-7,10-11H2. The monoisotopic (exact) mass is 330 g/mol. The number of hydrogen-bond acceptors (Lipinski definition) is 1. The van der Waals surface area contributed by atoms with E-state index in [9.17, 15) is 0 Å². The van der Waals surface area contributed by atoms with Gasteiger partial charge < -0.3 is 4.74 Å². The Hall–Kier alpha value is -0.0500. The molecule has 18 heavy (non-hydrogen) atoms. The molecule has 0 saturated carbocycles. The van der Waals surface area contributed by atoms with E-state index in [0.29, 0.717) is 12.0 Å². The lowest BCUT2D eigenvalue weighted by molar-refractivity contribution is 0.102. The van der Waals surface area contributed by atoms with Gasteiger partial charge in [-0.2, -0.15) is 0 Å². The zero-order chi connectivity index (χ0) is 12.8. The van der Waals surface area contributed by atoms with E-state index in [1.165, 1.54) is 37.7 Å². The van der Waals surface area contributed by atoms with Crippen molar-refractivity contribution in [3.05, 3.63) is 34.9 Å². The third kappa shape index (κ3) is 3.97. The second kappa shape index (κ2) is 7.52. The number of hydrogen-bond donors (Lipinski definition) is 0. The third-order valence-electron chi connectivity index (χ3n) is 3.63. The molecule has 3 heteroatoms. The van der Waals surface area contributed by atoms with Crippen molar-refractivity contribution >= 4 is 27.5 Å². The van der Waals surface area contributed by atoms with Crippen LogP contribution >= 0.6 is 27.5 Å². The van der Waals surface area contributed by atoms with Gasteiger partial charge in [0.05, 0.1) is 6.10 Å². The first-order chi connectivity index (χ1) is 8.81. The zero-order valence-electron chi connectivity index (χ0n) is 10.6. The van der Waals surface area contributed by atoms with Gasteiger partial charge in [-0.15, -0.1) is 0 Å². The Labute approximate surface area is 123 Å². The Kier molecular flexibility index (Phi) is 6.00. The van der Waals surface area contributed by atoms with Gasteiger partial charge in [0.25, 0.3) is 0 Å². The third-order valence-corrected chi connectivity index (χ3v) is 4.76. The molecule has 1 nitrogen and oxygen atoms in total. The van der Waals surface area contributed by atoms with Crippen LogP contribution in [0.15, 0.2) is 24.3 Å². The SMILES string of the molecule is Clc1ccccc1C(CBr)CCCC1CCCO1. The summed E-state index contributed by atoms with van der Waals surface area (Å²) in [6.45, 7) is 0.955. The summed E-state index contributed by atoms with van der Waals surface area (Å²) in [6.07, 6.45) is 6.56. The Morgan fingerprint density at radius 1 is 1.39 bits per heavy atom. The lowest BCUT2D eigenvalue weighted by Gasteiger charge is -2.17. The smallest absolute Gasteiger partial charge is 0.0576 e. The summed E-state index contributed by atoms with van der Waals surface area (Å²) in [5.41, 5.74) is 1.27. The minimum atomic E-state index is 0.507. The molecule has 2 atom stereocenters. The van der Waals surface area contributed by atoms with E-state index in [-0.39, 0.29) is 0 Å². The van der Waals surface area contributed by atoms with Crippen molar-refractivity contribution in [1.29, 1.82) is 0 Å². The van der Waals surface area contributed by atoms with Gasteiger partial charge in [-0.1, -0.05) is 52.2 Å². The van der Waals surface area contributed by atoms with Gasteiger partial charge in [-0.05, 0) is 43.2 Å². The number of benzene rings is 1. The van der Waals surface area contributed by atoms with Gasteiger partial charge in [0.15, 0.2) is 0 Å². The number of alkyl halides is 1. The molecule has 0 aliphatic carbocycles. The van der Waals surface area contributed by atoms with Crippen molar-refractivity contribution in [2.24, 2.45) is 0 Å². The fourth-order valence-corrected chi connectivity index (χ4v) is 3.55. The average molecular weight is 332 g/mol. The highest BCUT2D eigenvalue weighted by Gasteiger charge is 2.17. The molecule has 1 heterocycles. The van der Waals surface area contributed by atoms with Crippen molar-refractivity contribution in [2.45, 2.75) is 44.1 Å². The summed E-state index contributed by atoms with van der Waals surface area (Å²) >= 11 is 9.87. The largest absolute Gasteiger partial charge is 0.378 e. The number of halogens is 2. The van der Waals surface area contributed by atoms with Crippen LogP contribution in [-0.2, 0) is 4.74 Å². The topological polar surface area (TPSA) is 9.23 Å². The molecule has 100 valence electrons. The molecule has 2 rings (SSSR count). The molecule has 0 bridgehead atoms. The van der Waals surface area contributed by atoms with E-state index in [2.05, 4.69) is 28.1 Å². The second-order valence-electron chi connectivity index (χ2n) is 4.94. The van der Waals surface area contributed by atoms with Crippen LogP contribution in [-0.4, -0.2) is 18.0 Å². The van der Waals surface area contributed by atoms with Crippen LogP contribution in [0.2, 0.25) is 5.02 Å². The van der Waals surface area contributed by atoms with Gasteiger partial charge in [-0.25, -0.2) is 0 Å². The van der Waals surface area contributed by atoms with Gasteiger partial charge in [0, 0.05) is 17.0 Å². The highest BCUT2D eigenvalue weighted by atomic mass is 79.9. The van der Waals surface area contributed by atoms with E-state index >= 15 is 0 Å². The summed E-state index contributed by atoms with van der Waals surface area (Å²) in [4.78, 5) is 0. The molecule has 1 saturated heterocycles. The van der Waals surface area contributed by atoms with Crippen LogP contribution in [0, 0.1) is 0 Å². The Morgan fingerprint density at radius 3 is 2.89 bits per heavy atom. The molecule has 1 aromatic carbocycles. The summed E-state index contributed by atoms with van der Waals surface area (Å²) in [5.74, 6) is 0.514. The molecule has 0 radical (unpaired) electrons. The molecule has 0 amide bonds. The molecule has 1 aliphatic rings. The Balaban J connectivity index is 1.83. The molecule has 1 aromatic rings. The van der Waals surface area contributed by atoms with Gasteiger partial charge in [0.2, 0.25) is 0 Å². The van der Waals surface area contributed by atoms with Gasteiger partial charge in [-0.3, -0.25) is 0 Å². The first kappa shape index (κ1) is 14.4. The fraction of sp³-hybridized carbons (Fsp3) is 0.600. The summed E-state index contributed by atoms with van der Waals surface area (Å²) in [6, 6.07) is 8.17. The Morgan fingerprint density at radius 2 is 2.22 bits per heavy atom. The highest BCUT2D eigenvalue weighted by Crippen LogP contribution is 2.30. The van der Waals surface area contributed by atoms with Crippen molar-refractivity contribution in [1.82, 2.24) is 0 Å². The maximum atomic E-state index is 6.26. The molecule has 0 aromatic heterocycles. The molecule has 2 unspecified atom stereocenters. The van der Waals surface area contributed by atoms with E-state index in [1.807, 2.05) is 12.1 Å². The molecule has 0 spiro atoms. The lowest BCUT2D eigenvalue weighted by Crippen LogP contribution is -2.07. The maximum Gasteiger partial charge on any atom is 0.0576 e. The predicted molar refractivity (Wildman–Crippen MR) is 80.8 cm³/mol. The van der Waals surface area contributed by atoms with E-state index < -0.39 is 0 Å². The highest BCUT2D eigenvalue weighted by molar-refractivity contribution is 9.09. The minimum Gasteiger partial charge on any atom is -0.378 e. The summed E-state index contributed by atoms with van der Waals surface area (Å²) in [7, 11) is 0. The van der Waals surface area contributed by atoms with Crippen molar-refractivity contribution in [2.75, 3.05) is 11.9 Å². The zero-order valence-corrected chi connectivity index (χ0v) is 12.9. The van der Waals surface area contributed by atoms with Gasteiger partial charge >= 0.3 is 0 Å². The minimum absolute atomic E-state index is 0.507. The van der Waals surface area contributed by atoms with Gasteiger partial charge in [0.1, 0.15) is 0 Å². The van der Waals surface area contributed by atoms with Crippen molar-refractivity contribution in [3.8, 4) is 0 Å². The fourth-order valence-electron chi connectivity index (χ4n) is 2.59. The van der Waals surface area contributed by atoms with Crippen LogP contribution in [0.1, 0.15) is 43.6 Å². The van der Waals surface area contributed by atoms with Crippen molar-refractivity contribution in [3.63, 3.8) is 0 Å². The van der Waals surface area contributed by atoms with Crippen LogP contribution in [0.5, 0.6) is 0 Å². The van der Waals surface area contributed by atoms with Crippen molar-refractivity contribution < 1.29 is 4.74 Å². The first-order valence-corrected chi connectivity index (χ1v) is 8.23. The van der Waals surface area contributed by atoms with E-state index in [0.717, 1.165) is 17.0 Å². The maximum absolute atomic E-state index is 6.26. The molecular formula is C15H20BrClO. The van der Waals surface area contributed by atoms with E-state index in [1.54, 1.807) is 0 Å². The molecule has 1 fully saturated rings. The predicted octanol–water partition coefficient (Wildman–Crippen LogP) is 5.17. The normalized spacial score (nSPS) is 21.1. The van der Waals surface area contributed by atoms with Crippen LogP contribution in [0.25, 0.3) is 0 Å². The van der Waals surface area contributed by atoms with Crippen LogP contribution < -0.4 is 0 Å². The molecule has 1 aliphatic heterocycles. The Bertz CT molecular complexity index is 363. The first-order valence-electron chi connectivity index (χ1n) is 6.73.